The minimum atomic E-state index is -4.33. The van der Waals surface area contributed by atoms with Crippen molar-refractivity contribution in [2.45, 2.75) is 18.7 Å². The van der Waals surface area contributed by atoms with Crippen molar-refractivity contribution in [1.29, 1.82) is 0 Å². The fraction of sp³-hybridized carbons (Fsp3) is 0.214. The number of hydrogen-bond donors (Lipinski definition) is 0. The second-order valence-electron chi connectivity index (χ2n) is 4.13. The van der Waals surface area contributed by atoms with E-state index < -0.39 is 11.7 Å². The Morgan fingerprint density at radius 3 is 2.47 bits per heavy atom. The average molecular weight is 268 g/mol. The molecule has 0 saturated carbocycles. The van der Waals surface area contributed by atoms with E-state index in [4.69, 9.17) is 4.74 Å². The maximum atomic E-state index is 12.4. The van der Waals surface area contributed by atoms with Crippen LogP contribution in [0.25, 0.3) is 6.08 Å². The smallest absolute Gasteiger partial charge is 0.416 e. The lowest BCUT2D eigenvalue weighted by Crippen LogP contribution is -2.15. The summed E-state index contributed by atoms with van der Waals surface area (Å²) in [6.07, 6.45) is 1.52. The van der Waals surface area contributed by atoms with E-state index in [1.165, 1.54) is 24.5 Å². The molecule has 1 aliphatic heterocycles. The molecule has 2 rings (SSSR count). The van der Waals surface area contributed by atoms with Crippen molar-refractivity contribution in [3.8, 4) is 0 Å². The molecule has 1 aromatic rings. The number of hydrogen-bond acceptors (Lipinski definition) is 2. The first-order chi connectivity index (χ1) is 8.95. The summed E-state index contributed by atoms with van der Waals surface area (Å²) in [5.41, 5.74) is -0.0599. The van der Waals surface area contributed by atoms with Gasteiger partial charge in [-0.05, 0) is 23.8 Å². The van der Waals surface area contributed by atoms with Crippen LogP contribution in [-0.2, 0) is 15.7 Å². The summed E-state index contributed by atoms with van der Waals surface area (Å²) in [5.74, 6) is -0.0340. The summed E-state index contributed by atoms with van der Waals surface area (Å²) in [5, 5.41) is 0. The van der Waals surface area contributed by atoms with Crippen LogP contribution in [0.4, 0.5) is 13.2 Å². The molecule has 0 aliphatic carbocycles. The van der Waals surface area contributed by atoms with Gasteiger partial charge in [-0.1, -0.05) is 18.2 Å². The van der Waals surface area contributed by atoms with Gasteiger partial charge in [0.05, 0.1) is 18.2 Å². The van der Waals surface area contributed by atoms with Crippen molar-refractivity contribution < 1.29 is 22.7 Å². The summed E-state index contributed by atoms with van der Waals surface area (Å²) in [6, 6.07) is 4.79. The highest BCUT2D eigenvalue weighted by Gasteiger charge is 2.29. The Morgan fingerprint density at radius 1 is 1.21 bits per heavy atom. The monoisotopic (exact) mass is 268 g/mol. The molecule has 0 amide bonds. The quantitative estimate of drug-likeness (QED) is 0.819. The SMILES string of the molecule is O=C1C=COC(/C=C/c2ccc(C(F)(F)F)cc2)C1. The molecule has 0 bridgehead atoms. The van der Waals surface area contributed by atoms with Gasteiger partial charge in [0.1, 0.15) is 6.10 Å². The number of carbonyl (C=O) groups excluding carboxylic acids is 1. The van der Waals surface area contributed by atoms with Gasteiger partial charge in [-0.3, -0.25) is 4.79 Å². The lowest BCUT2D eigenvalue weighted by molar-refractivity contribution is -0.137. The van der Waals surface area contributed by atoms with E-state index in [9.17, 15) is 18.0 Å². The van der Waals surface area contributed by atoms with Gasteiger partial charge >= 0.3 is 6.18 Å². The standard InChI is InChI=1S/C14H11F3O2/c15-14(16,17)11-4-1-10(2-5-11)3-6-13-9-12(18)7-8-19-13/h1-8,13H,9H2/b6-3+. The molecular weight excluding hydrogens is 257 g/mol. The summed E-state index contributed by atoms with van der Waals surface area (Å²) < 4.78 is 42.2. The number of rotatable bonds is 2. The van der Waals surface area contributed by atoms with E-state index in [1.54, 1.807) is 12.2 Å². The van der Waals surface area contributed by atoms with Gasteiger partial charge in [-0.25, -0.2) is 0 Å². The van der Waals surface area contributed by atoms with Crippen LogP contribution >= 0.6 is 0 Å². The van der Waals surface area contributed by atoms with Crippen LogP contribution in [0.5, 0.6) is 0 Å². The number of benzene rings is 1. The summed E-state index contributed by atoms with van der Waals surface area (Å²) in [7, 11) is 0. The minimum Gasteiger partial charge on any atom is -0.493 e. The molecule has 1 aromatic carbocycles. The van der Waals surface area contributed by atoms with Crippen molar-refractivity contribution >= 4 is 11.9 Å². The molecule has 100 valence electrons. The predicted octanol–water partition coefficient (Wildman–Crippen LogP) is 3.59. The number of alkyl halides is 3. The van der Waals surface area contributed by atoms with Gasteiger partial charge < -0.3 is 4.74 Å². The molecule has 0 spiro atoms. The van der Waals surface area contributed by atoms with Crippen molar-refractivity contribution in [2.75, 3.05) is 0 Å². The highest BCUT2D eigenvalue weighted by molar-refractivity contribution is 5.90. The fourth-order valence-electron chi connectivity index (χ4n) is 1.65. The maximum Gasteiger partial charge on any atom is 0.416 e. The molecule has 0 fully saturated rings. The number of ether oxygens (including phenoxy) is 1. The van der Waals surface area contributed by atoms with Gasteiger partial charge in [-0.2, -0.15) is 13.2 Å². The van der Waals surface area contributed by atoms with Crippen molar-refractivity contribution in [2.24, 2.45) is 0 Å². The largest absolute Gasteiger partial charge is 0.493 e. The predicted molar refractivity (Wildman–Crippen MR) is 64.1 cm³/mol. The number of halogens is 3. The average Bonchev–Trinajstić information content (AvgIpc) is 2.36. The Bertz CT molecular complexity index is 512. The zero-order chi connectivity index (χ0) is 13.9. The zero-order valence-electron chi connectivity index (χ0n) is 9.85. The Kier molecular flexibility index (Phi) is 3.74. The van der Waals surface area contributed by atoms with Crippen LogP contribution in [-0.4, -0.2) is 11.9 Å². The fourth-order valence-corrected chi connectivity index (χ4v) is 1.65. The second-order valence-corrected chi connectivity index (χ2v) is 4.13. The van der Waals surface area contributed by atoms with E-state index in [-0.39, 0.29) is 18.3 Å². The summed E-state index contributed by atoms with van der Waals surface area (Å²) in [6.45, 7) is 0. The third-order valence-electron chi connectivity index (χ3n) is 2.65. The lowest BCUT2D eigenvalue weighted by Gasteiger charge is -2.14. The van der Waals surface area contributed by atoms with Crippen LogP contribution in [0, 0.1) is 0 Å². The molecule has 5 heteroatoms. The van der Waals surface area contributed by atoms with Gasteiger partial charge in [-0.15, -0.1) is 0 Å². The topological polar surface area (TPSA) is 26.3 Å². The Balaban J connectivity index is 2.03. The normalized spacial score (nSPS) is 19.7. The van der Waals surface area contributed by atoms with Crippen molar-refractivity contribution in [3.63, 3.8) is 0 Å². The van der Waals surface area contributed by atoms with E-state index in [0.717, 1.165) is 12.1 Å². The second kappa shape index (κ2) is 5.30. The van der Waals surface area contributed by atoms with E-state index in [0.29, 0.717) is 5.56 Å². The molecule has 1 heterocycles. The van der Waals surface area contributed by atoms with Gasteiger partial charge in [0.15, 0.2) is 5.78 Å². The maximum absolute atomic E-state index is 12.4. The van der Waals surface area contributed by atoms with Crippen LogP contribution < -0.4 is 0 Å². The number of carbonyl (C=O) groups is 1. The molecule has 1 unspecified atom stereocenters. The molecule has 0 N–H and O–H groups in total. The van der Waals surface area contributed by atoms with Crippen LogP contribution in [0.15, 0.2) is 42.7 Å². The molecule has 2 nitrogen and oxygen atoms in total. The molecule has 1 aliphatic rings. The first-order valence-corrected chi connectivity index (χ1v) is 5.65. The highest BCUT2D eigenvalue weighted by atomic mass is 19.4. The molecule has 0 aromatic heterocycles. The number of ketones is 1. The Morgan fingerprint density at radius 2 is 1.89 bits per heavy atom. The lowest BCUT2D eigenvalue weighted by atomic mass is 10.1. The van der Waals surface area contributed by atoms with E-state index in [1.807, 2.05) is 0 Å². The van der Waals surface area contributed by atoms with E-state index >= 15 is 0 Å². The Labute approximate surface area is 108 Å². The highest BCUT2D eigenvalue weighted by Crippen LogP contribution is 2.29. The van der Waals surface area contributed by atoms with Gasteiger partial charge in [0.25, 0.3) is 0 Å². The molecule has 1 atom stereocenters. The van der Waals surface area contributed by atoms with Gasteiger partial charge in [0, 0.05) is 6.08 Å². The first kappa shape index (κ1) is 13.4. The molecule has 0 saturated heterocycles. The molecule has 19 heavy (non-hydrogen) atoms. The van der Waals surface area contributed by atoms with E-state index in [2.05, 4.69) is 0 Å². The third kappa shape index (κ3) is 3.71. The van der Waals surface area contributed by atoms with Crippen molar-refractivity contribution in [1.82, 2.24) is 0 Å². The Hall–Kier alpha value is -2.04. The number of allylic oxidation sites excluding steroid dienone is 1. The summed E-state index contributed by atoms with van der Waals surface area (Å²) >= 11 is 0. The molecular formula is C14H11F3O2. The van der Waals surface area contributed by atoms with Crippen LogP contribution in [0.3, 0.4) is 0 Å². The molecule has 0 radical (unpaired) electrons. The zero-order valence-corrected chi connectivity index (χ0v) is 9.85. The van der Waals surface area contributed by atoms with Crippen LogP contribution in [0.2, 0.25) is 0 Å². The third-order valence-corrected chi connectivity index (χ3v) is 2.65. The van der Waals surface area contributed by atoms with Crippen LogP contribution in [0.1, 0.15) is 17.5 Å². The van der Waals surface area contributed by atoms with Crippen molar-refractivity contribution in [3.05, 3.63) is 53.8 Å². The summed E-state index contributed by atoms with van der Waals surface area (Å²) in [4.78, 5) is 11.1. The first-order valence-electron chi connectivity index (χ1n) is 5.65. The minimum absolute atomic E-state index is 0.0340. The van der Waals surface area contributed by atoms with Gasteiger partial charge in [0.2, 0.25) is 0 Å².